The number of aliphatic hydroxyl groups is 2. The highest BCUT2D eigenvalue weighted by atomic mass is 127. The van der Waals surface area contributed by atoms with Crippen molar-refractivity contribution in [3.8, 4) is 28.4 Å². The summed E-state index contributed by atoms with van der Waals surface area (Å²) in [6.45, 7) is 5.55. The molecule has 32 heteroatoms. The second-order valence-corrected chi connectivity index (χ2v) is 28.7. The van der Waals surface area contributed by atoms with Gasteiger partial charge in [0.2, 0.25) is 29.5 Å². The topological polar surface area (TPSA) is 280 Å². The number of amides is 3. The van der Waals surface area contributed by atoms with Crippen molar-refractivity contribution < 1.29 is 91.7 Å². The highest BCUT2D eigenvalue weighted by Crippen LogP contribution is 2.38. The molecule has 0 saturated carbocycles. The number of carbonyl (C=O) groups excluding carboxylic acids is 4. The van der Waals surface area contributed by atoms with Crippen LogP contribution in [0.3, 0.4) is 0 Å². The third-order valence-electron chi connectivity index (χ3n) is 19.4. The number of β-amino-alcohol motifs (C(OH)–C–C–N with tert-alkyl or cyclic N) is 1. The van der Waals surface area contributed by atoms with Crippen LogP contribution in [0.4, 0.5) is 35.1 Å². The van der Waals surface area contributed by atoms with Crippen molar-refractivity contribution in [1.82, 2.24) is 55.5 Å². The lowest BCUT2D eigenvalue weighted by molar-refractivity contribution is -0.148. The number of ether oxygens (including phenoxy) is 2. The molecule has 9 aromatic rings. The Hall–Kier alpha value is -8.93. The van der Waals surface area contributed by atoms with Crippen LogP contribution in [0.1, 0.15) is 75.4 Å². The quantitative estimate of drug-likeness (QED) is 0.0240. The standard InChI is InChI=1S/C41H44F4N6O7.C32H32F4IN5O5/c1-40(2,39-47-19-35(58-39)24-7-9-27(42)10-8-24)51-14-13-50(31(21-51)38(55)48-23-41(43,44)45)20-28(52)15-25(16-29-17-26-18-46-12-11-33(26)57-29)37(54)49-36-30-5-3-4-6-34(30)56-22-32(36)53;1-31(2,30-39-14-26(47-30)18-3-5-21(33)6-4-18)42-8-7-41(25(16-42)28(43)40-17-32(34,35)36)15-23-10-19(29(44)46-23)9-22-11-20-12-38-13-24(37)27(20)45-22/h3-12,17-19,25,28,31-32,36,52-53H,13-16,20-23H2,1-2H3,(H,48,55)(H,49,54);3-6,11-14,19,23,25H,7-10,15-17H2,1-2H3,(H,40,43)/t25-,28-,31-,32+,36-;19-,23+,25+/m01/s1. The minimum atomic E-state index is -4.66. The van der Waals surface area contributed by atoms with Crippen molar-refractivity contribution in [1.29, 1.82) is 0 Å². The molecule has 10 heterocycles. The number of nitrogens with zero attached hydrogens (tertiary/aromatic N) is 8. The predicted octanol–water partition coefficient (Wildman–Crippen LogP) is 10.0. The number of nitrogens with one attached hydrogen (secondary N) is 3. The molecular formula is C73H76F8IN11O12. The lowest BCUT2D eigenvalue weighted by Gasteiger charge is -2.46. The fraction of sp³-hybridized carbons (Fsp3) is 0.425. The highest BCUT2D eigenvalue weighted by Gasteiger charge is 2.47. The van der Waals surface area contributed by atoms with Crippen molar-refractivity contribution >= 4 is 68.2 Å². The number of piperazine rings is 2. The fourth-order valence-corrected chi connectivity index (χ4v) is 14.3. The van der Waals surface area contributed by atoms with E-state index < -0.39 is 108 Å². The number of hydrogen-bond donors (Lipinski definition) is 5. The van der Waals surface area contributed by atoms with Gasteiger partial charge < -0.3 is 53.3 Å². The Morgan fingerprint density at radius 3 is 1.85 bits per heavy atom. The summed E-state index contributed by atoms with van der Waals surface area (Å²) >= 11 is 2.13. The van der Waals surface area contributed by atoms with E-state index in [0.29, 0.717) is 95.0 Å². The van der Waals surface area contributed by atoms with Crippen LogP contribution in [0.25, 0.3) is 44.6 Å². The second kappa shape index (κ2) is 31.6. The first kappa shape index (κ1) is 75.7. The van der Waals surface area contributed by atoms with Gasteiger partial charge in [-0.3, -0.25) is 48.7 Å². The molecule has 4 aliphatic heterocycles. The molecule has 3 saturated heterocycles. The summed E-state index contributed by atoms with van der Waals surface area (Å²) in [5.74, 6) is -1.66. The first-order valence-corrected chi connectivity index (χ1v) is 35.0. The van der Waals surface area contributed by atoms with E-state index in [4.69, 9.17) is 27.1 Å². The van der Waals surface area contributed by atoms with Crippen LogP contribution in [0.2, 0.25) is 0 Å². The summed E-state index contributed by atoms with van der Waals surface area (Å²) < 4.78 is 142. The first-order chi connectivity index (χ1) is 49.9. The molecule has 13 rings (SSSR count). The Balaban J connectivity index is 0.000000202. The average molecular weight is 1580 g/mol. The zero-order valence-corrected chi connectivity index (χ0v) is 59.5. The smallest absolute Gasteiger partial charge is 0.405 e. The minimum absolute atomic E-state index is 0.0439. The lowest BCUT2D eigenvalue weighted by Crippen LogP contribution is -2.63. The lowest BCUT2D eigenvalue weighted by atomic mass is 9.92. The van der Waals surface area contributed by atoms with E-state index in [1.54, 1.807) is 95.3 Å². The Morgan fingerprint density at radius 2 is 1.26 bits per heavy atom. The number of pyridine rings is 2. The molecule has 5 N–H and O–H groups in total. The molecule has 0 radical (unpaired) electrons. The number of cyclic esters (lactones) is 1. The van der Waals surface area contributed by atoms with E-state index >= 15 is 0 Å². The summed E-state index contributed by atoms with van der Waals surface area (Å²) in [6, 6.07) is 20.9. The van der Waals surface area contributed by atoms with E-state index in [9.17, 15) is 64.5 Å². The molecule has 0 spiro atoms. The summed E-state index contributed by atoms with van der Waals surface area (Å²) in [4.78, 5) is 78.1. The number of aliphatic hydroxyl groups excluding tert-OH is 2. The highest BCUT2D eigenvalue weighted by molar-refractivity contribution is 14.1. The molecule has 558 valence electrons. The predicted molar refractivity (Wildman–Crippen MR) is 371 cm³/mol. The molecule has 8 atom stereocenters. The van der Waals surface area contributed by atoms with Crippen molar-refractivity contribution in [3.63, 3.8) is 0 Å². The molecule has 6 aromatic heterocycles. The number of alkyl halides is 6. The number of hydrogen-bond acceptors (Lipinski definition) is 20. The number of aromatic nitrogens is 4. The normalized spacial score (nSPS) is 20.7. The number of benzene rings is 3. The summed E-state index contributed by atoms with van der Waals surface area (Å²) in [5, 5.41) is 31.0. The summed E-state index contributed by atoms with van der Waals surface area (Å²) in [6.07, 6.45) is -1.82. The van der Waals surface area contributed by atoms with Crippen LogP contribution < -0.4 is 20.7 Å². The van der Waals surface area contributed by atoms with E-state index in [2.05, 4.69) is 47.8 Å². The van der Waals surface area contributed by atoms with Crippen molar-refractivity contribution in [2.24, 2.45) is 11.8 Å². The molecule has 0 aliphatic carbocycles. The zero-order valence-electron chi connectivity index (χ0n) is 57.3. The van der Waals surface area contributed by atoms with Crippen LogP contribution >= 0.6 is 22.6 Å². The van der Waals surface area contributed by atoms with E-state index in [1.165, 1.54) is 36.7 Å². The van der Waals surface area contributed by atoms with E-state index in [-0.39, 0.29) is 69.8 Å². The van der Waals surface area contributed by atoms with Crippen LogP contribution in [0, 0.1) is 27.0 Å². The van der Waals surface area contributed by atoms with Gasteiger partial charge in [-0.25, -0.2) is 18.7 Å². The molecular weight excluding hydrogens is 1500 g/mol. The Kier molecular flexibility index (Phi) is 22.8. The third-order valence-corrected chi connectivity index (χ3v) is 20.2. The number of halogens is 9. The van der Waals surface area contributed by atoms with Gasteiger partial charge in [-0.2, -0.15) is 26.3 Å². The maximum absolute atomic E-state index is 14.1. The second-order valence-electron chi connectivity index (χ2n) is 27.5. The largest absolute Gasteiger partial charge is 0.490 e. The molecule has 23 nitrogen and oxygen atoms in total. The number of rotatable bonds is 22. The molecule has 3 fully saturated rings. The fourth-order valence-electron chi connectivity index (χ4n) is 13.7. The Labute approximate surface area is 610 Å². The first-order valence-electron chi connectivity index (χ1n) is 34.0. The summed E-state index contributed by atoms with van der Waals surface area (Å²) in [5.41, 5.74) is 1.28. The number of fused-ring (bicyclic) bond motifs is 3. The molecule has 3 aromatic carbocycles. The number of oxazole rings is 2. The van der Waals surface area contributed by atoms with Gasteiger partial charge in [0, 0.05) is 123 Å². The van der Waals surface area contributed by atoms with Gasteiger partial charge in [-0.05, 0) is 136 Å². The van der Waals surface area contributed by atoms with Crippen LogP contribution in [0.5, 0.6) is 5.75 Å². The van der Waals surface area contributed by atoms with Gasteiger partial charge in [-0.15, -0.1) is 0 Å². The van der Waals surface area contributed by atoms with E-state index in [1.807, 2.05) is 54.2 Å². The monoisotopic (exact) mass is 1580 g/mol. The molecule has 0 bridgehead atoms. The van der Waals surface area contributed by atoms with Crippen molar-refractivity contribution in [2.75, 3.05) is 72.1 Å². The van der Waals surface area contributed by atoms with Crippen molar-refractivity contribution in [2.45, 2.75) is 113 Å². The summed E-state index contributed by atoms with van der Waals surface area (Å²) in [7, 11) is 0. The maximum atomic E-state index is 14.1. The van der Waals surface area contributed by atoms with Gasteiger partial charge in [0.15, 0.2) is 17.1 Å². The Morgan fingerprint density at radius 1 is 0.686 bits per heavy atom. The molecule has 4 aliphatic rings. The SMILES string of the molecule is CC(C)(c1ncc(-c2ccc(F)cc2)o1)N1CCN(C[C@@H](O)C[C@@H](Cc2cc3cnccc3o2)C(=O)N[C@H]2c3ccccc3OC[C@H]2O)[C@H](C(=O)NCC(F)(F)F)C1.CC(C)(c1ncc(-c2ccc(F)cc2)o1)N1CCN(C[C@@H]2C[C@@H](Cc3cc4cncc(I)c4o3)C(=O)O2)[C@H](C(=O)NCC(F)(F)F)C1. The van der Waals surface area contributed by atoms with Crippen LogP contribution in [0.15, 0.2) is 146 Å². The minimum Gasteiger partial charge on any atom is -0.490 e. The number of furan rings is 2. The number of esters is 1. The molecule has 105 heavy (non-hydrogen) atoms. The van der Waals surface area contributed by atoms with Crippen LogP contribution in [-0.2, 0) is 47.8 Å². The van der Waals surface area contributed by atoms with Gasteiger partial charge in [0.25, 0.3) is 0 Å². The van der Waals surface area contributed by atoms with Gasteiger partial charge in [0.05, 0.1) is 45.1 Å². The maximum Gasteiger partial charge on any atom is 0.405 e. The zero-order chi connectivity index (χ0) is 74.7. The Bertz CT molecular complexity index is 4500. The van der Waals surface area contributed by atoms with Gasteiger partial charge in [-0.1, -0.05) is 18.2 Å². The van der Waals surface area contributed by atoms with Gasteiger partial charge >= 0.3 is 18.3 Å². The average Bonchev–Trinajstić information content (AvgIpc) is 1.77. The number of carbonyl (C=O) groups is 4. The van der Waals surface area contributed by atoms with Crippen molar-refractivity contribution in [3.05, 3.63) is 172 Å². The third kappa shape index (κ3) is 18.3. The van der Waals surface area contributed by atoms with Crippen LogP contribution in [-0.4, -0.2) is 188 Å². The molecule has 0 unspecified atom stereocenters. The van der Waals surface area contributed by atoms with Gasteiger partial charge in [0.1, 0.15) is 78.5 Å². The molecule has 3 amide bonds. The number of para-hydroxylation sites is 1. The van der Waals surface area contributed by atoms with E-state index in [0.717, 1.165) is 14.3 Å².